The lowest BCUT2D eigenvalue weighted by atomic mass is 9.85. The summed E-state index contributed by atoms with van der Waals surface area (Å²) in [5.74, 6) is 0.345. The molecule has 0 aliphatic carbocycles. The SMILES string of the molecule is CN1CCC(C#N)(N2CCC(=O)CC2)CC1. The average Bonchev–Trinajstić information content (AvgIpc) is 2.32. The summed E-state index contributed by atoms with van der Waals surface area (Å²) in [4.78, 5) is 15.7. The first-order valence-electron chi connectivity index (χ1n) is 6.03. The smallest absolute Gasteiger partial charge is 0.135 e. The Morgan fingerprint density at radius 3 is 2.25 bits per heavy atom. The molecule has 4 heteroatoms. The molecule has 2 rings (SSSR count). The molecule has 16 heavy (non-hydrogen) atoms. The maximum absolute atomic E-state index is 11.2. The van der Waals surface area contributed by atoms with E-state index in [4.69, 9.17) is 0 Å². The van der Waals surface area contributed by atoms with Gasteiger partial charge in [0.15, 0.2) is 0 Å². The summed E-state index contributed by atoms with van der Waals surface area (Å²) in [7, 11) is 2.10. The molecule has 0 amide bonds. The number of carbonyl (C=O) groups is 1. The van der Waals surface area contributed by atoms with Gasteiger partial charge in [-0.1, -0.05) is 0 Å². The fourth-order valence-electron chi connectivity index (χ4n) is 2.67. The first-order valence-corrected chi connectivity index (χ1v) is 6.03. The fourth-order valence-corrected chi connectivity index (χ4v) is 2.67. The Kier molecular flexibility index (Phi) is 3.27. The van der Waals surface area contributed by atoms with Crippen LogP contribution in [-0.2, 0) is 4.79 Å². The van der Waals surface area contributed by atoms with Crippen LogP contribution in [-0.4, -0.2) is 54.3 Å². The van der Waals surface area contributed by atoms with Gasteiger partial charge >= 0.3 is 0 Å². The normalized spacial score (nSPS) is 27.6. The Balaban J connectivity index is 2.04. The van der Waals surface area contributed by atoms with E-state index in [9.17, 15) is 10.1 Å². The minimum atomic E-state index is -0.298. The van der Waals surface area contributed by atoms with Gasteiger partial charge in [0, 0.05) is 39.0 Å². The zero-order chi connectivity index (χ0) is 11.6. The van der Waals surface area contributed by atoms with E-state index in [0.717, 1.165) is 39.0 Å². The molecule has 2 heterocycles. The van der Waals surface area contributed by atoms with Crippen molar-refractivity contribution in [3.05, 3.63) is 0 Å². The predicted octanol–water partition coefficient (Wildman–Crippen LogP) is 0.639. The standard InChI is InChI=1S/C12H19N3O/c1-14-8-4-12(10-13,5-9-14)15-6-2-11(16)3-7-15/h2-9H2,1H3. The van der Waals surface area contributed by atoms with E-state index in [0.29, 0.717) is 18.6 Å². The number of Topliss-reactive ketones (excluding diaryl/α,β-unsaturated/α-hetero) is 1. The van der Waals surface area contributed by atoms with Crippen LogP contribution < -0.4 is 0 Å². The number of hydrogen-bond donors (Lipinski definition) is 0. The van der Waals surface area contributed by atoms with Gasteiger partial charge in [-0.25, -0.2) is 0 Å². The molecule has 0 bridgehead atoms. The maximum atomic E-state index is 11.2. The molecule has 0 aromatic rings. The Labute approximate surface area is 96.8 Å². The van der Waals surface area contributed by atoms with Crippen LogP contribution in [0.4, 0.5) is 0 Å². The zero-order valence-corrected chi connectivity index (χ0v) is 9.91. The van der Waals surface area contributed by atoms with Crippen molar-refractivity contribution < 1.29 is 4.79 Å². The van der Waals surface area contributed by atoms with Crippen LogP contribution in [0.2, 0.25) is 0 Å². The van der Waals surface area contributed by atoms with Gasteiger partial charge in [0.05, 0.1) is 6.07 Å². The molecule has 0 N–H and O–H groups in total. The third kappa shape index (κ3) is 2.11. The van der Waals surface area contributed by atoms with E-state index in [1.165, 1.54) is 0 Å². The Morgan fingerprint density at radius 2 is 1.75 bits per heavy atom. The Morgan fingerprint density at radius 1 is 1.19 bits per heavy atom. The first kappa shape index (κ1) is 11.6. The van der Waals surface area contributed by atoms with Crippen LogP contribution in [0.1, 0.15) is 25.7 Å². The molecule has 2 fully saturated rings. The van der Waals surface area contributed by atoms with E-state index in [1.807, 2.05) is 0 Å². The molecule has 0 atom stereocenters. The highest BCUT2D eigenvalue weighted by molar-refractivity contribution is 5.79. The van der Waals surface area contributed by atoms with Crippen LogP contribution in [0.15, 0.2) is 0 Å². The summed E-state index contributed by atoms with van der Waals surface area (Å²) < 4.78 is 0. The number of nitriles is 1. The van der Waals surface area contributed by atoms with Crippen LogP contribution in [0.5, 0.6) is 0 Å². The van der Waals surface area contributed by atoms with E-state index in [1.54, 1.807) is 0 Å². The topological polar surface area (TPSA) is 47.3 Å². The number of likely N-dealkylation sites (tertiary alicyclic amines) is 2. The molecule has 2 aliphatic heterocycles. The first-order chi connectivity index (χ1) is 7.66. The average molecular weight is 221 g/mol. The van der Waals surface area contributed by atoms with Gasteiger partial charge in [-0.3, -0.25) is 9.69 Å². The quantitative estimate of drug-likeness (QED) is 0.652. The summed E-state index contributed by atoms with van der Waals surface area (Å²) >= 11 is 0. The van der Waals surface area contributed by atoms with E-state index >= 15 is 0 Å². The monoisotopic (exact) mass is 221 g/mol. The molecule has 0 radical (unpaired) electrons. The van der Waals surface area contributed by atoms with Crippen molar-refractivity contribution in [3.8, 4) is 6.07 Å². The van der Waals surface area contributed by atoms with Gasteiger partial charge in [0.2, 0.25) is 0 Å². The minimum Gasteiger partial charge on any atom is -0.306 e. The van der Waals surface area contributed by atoms with Crippen LogP contribution >= 0.6 is 0 Å². The van der Waals surface area contributed by atoms with E-state index < -0.39 is 0 Å². The Hall–Kier alpha value is -0.920. The van der Waals surface area contributed by atoms with Crippen LogP contribution in [0.3, 0.4) is 0 Å². The molecule has 2 saturated heterocycles. The lowest BCUT2D eigenvalue weighted by Crippen LogP contribution is -2.56. The van der Waals surface area contributed by atoms with Crippen molar-refractivity contribution in [1.82, 2.24) is 9.80 Å². The second kappa shape index (κ2) is 4.52. The van der Waals surface area contributed by atoms with Crippen molar-refractivity contribution in [2.45, 2.75) is 31.2 Å². The highest BCUT2D eigenvalue weighted by Gasteiger charge is 2.40. The summed E-state index contributed by atoms with van der Waals surface area (Å²) in [6.45, 7) is 3.52. The Bertz CT molecular complexity index is 303. The van der Waals surface area contributed by atoms with Gasteiger partial charge < -0.3 is 4.90 Å². The second-order valence-electron chi connectivity index (χ2n) is 4.97. The molecule has 2 aliphatic rings. The molecule has 0 spiro atoms. The fraction of sp³-hybridized carbons (Fsp3) is 0.833. The summed E-state index contributed by atoms with van der Waals surface area (Å²) in [6.07, 6.45) is 3.07. The number of rotatable bonds is 1. The number of nitrogens with zero attached hydrogens (tertiary/aromatic N) is 3. The molecule has 0 saturated carbocycles. The largest absolute Gasteiger partial charge is 0.306 e. The molecule has 0 aromatic heterocycles. The maximum Gasteiger partial charge on any atom is 0.135 e. The molecular weight excluding hydrogens is 202 g/mol. The van der Waals surface area contributed by atoms with Crippen molar-refractivity contribution in [2.75, 3.05) is 33.2 Å². The van der Waals surface area contributed by atoms with Crippen molar-refractivity contribution >= 4 is 5.78 Å². The van der Waals surface area contributed by atoms with Gasteiger partial charge in [0.1, 0.15) is 11.3 Å². The molecule has 0 aromatic carbocycles. The molecule has 88 valence electrons. The van der Waals surface area contributed by atoms with Crippen LogP contribution in [0, 0.1) is 11.3 Å². The predicted molar refractivity (Wildman–Crippen MR) is 60.9 cm³/mol. The van der Waals surface area contributed by atoms with Gasteiger partial charge in [0.25, 0.3) is 0 Å². The van der Waals surface area contributed by atoms with Crippen molar-refractivity contribution in [2.24, 2.45) is 0 Å². The lowest BCUT2D eigenvalue weighted by Gasteiger charge is -2.44. The number of carbonyl (C=O) groups excluding carboxylic acids is 1. The summed E-state index contributed by atoms with van der Waals surface area (Å²) in [5.41, 5.74) is -0.298. The van der Waals surface area contributed by atoms with E-state index in [-0.39, 0.29) is 5.54 Å². The van der Waals surface area contributed by atoms with E-state index in [2.05, 4.69) is 22.9 Å². The molecule has 0 unspecified atom stereocenters. The van der Waals surface area contributed by atoms with Crippen molar-refractivity contribution in [3.63, 3.8) is 0 Å². The summed E-state index contributed by atoms with van der Waals surface area (Å²) in [6, 6.07) is 2.51. The summed E-state index contributed by atoms with van der Waals surface area (Å²) in [5, 5.41) is 9.45. The number of hydrogen-bond acceptors (Lipinski definition) is 4. The van der Waals surface area contributed by atoms with Gasteiger partial charge in [-0.15, -0.1) is 0 Å². The lowest BCUT2D eigenvalue weighted by molar-refractivity contribution is -0.122. The third-order valence-electron chi connectivity index (χ3n) is 3.95. The molecule has 4 nitrogen and oxygen atoms in total. The second-order valence-corrected chi connectivity index (χ2v) is 4.97. The zero-order valence-electron chi connectivity index (χ0n) is 9.91. The van der Waals surface area contributed by atoms with Crippen molar-refractivity contribution in [1.29, 1.82) is 5.26 Å². The third-order valence-corrected chi connectivity index (χ3v) is 3.95. The minimum absolute atomic E-state index is 0.298. The van der Waals surface area contributed by atoms with Gasteiger partial charge in [-0.2, -0.15) is 5.26 Å². The van der Waals surface area contributed by atoms with Gasteiger partial charge in [-0.05, 0) is 19.9 Å². The molecular formula is C12H19N3O. The highest BCUT2D eigenvalue weighted by Crippen LogP contribution is 2.29. The highest BCUT2D eigenvalue weighted by atomic mass is 16.1. The van der Waals surface area contributed by atoms with Crippen LogP contribution in [0.25, 0.3) is 0 Å². The number of ketones is 1. The number of piperidine rings is 2.